The van der Waals surface area contributed by atoms with Crippen molar-refractivity contribution in [2.24, 2.45) is 12.8 Å². The van der Waals surface area contributed by atoms with E-state index >= 15 is 0 Å². The molecule has 0 amide bonds. The average molecular weight is 280 g/mol. The Morgan fingerprint density at radius 3 is 2.74 bits per heavy atom. The number of hydrogen-bond acceptors (Lipinski definition) is 4. The maximum atomic E-state index is 12.0. The molecule has 0 radical (unpaired) electrons. The highest BCUT2D eigenvalue weighted by atomic mass is 32.2. The number of aromatic nitrogens is 2. The molecule has 1 heterocycles. The van der Waals surface area contributed by atoms with Crippen LogP contribution in [0.15, 0.2) is 36.7 Å². The molecular weight excluding hydrogens is 264 g/mol. The Morgan fingerprint density at radius 2 is 2.11 bits per heavy atom. The predicted molar refractivity (Wildman–Crippen MR) is 73.8 cm³/mol. The molecule has 0 saturated heterocycles. The minimum absolute atomic E-state index is 0.0876. The van der Waals surface area contributed by atoms with E-state index < -0.39 is 10.0 Å². The van der Waals surface area contributed by atoms with Crippen LogP contribution in [0.4, 0.5) is 5.69 Å². The predicted octanol–water partition coefficient (Wildman–Crippen LogP) is 0.821. The van der Waals surface area contributed by atoms with Crippen molar-refractivity contribution in [2.45, 2.75) is 12.3 Å². The Bertz CT molecular complexity index is 664. The summed E-state index contributed by atoms with van der Waals surface area (Å²) in [5.74, 6) is -0.0876. The van der Waals surface area contributed by atoms with Gasteiger partial charge in [0.15, 0.2) is 0 Å². The molecule has 0 atom stereocenters. The Balaban J connectivity index is 2.12. The second-order valence-electron chi connectivity index (χ2n) is 4.29. The van der Waals surface area contributed by atoms with Gasteiger partial charge >= 0.3 is 0 Å². The smallest absolute Gasteiger partial charge is 0.237 e. The summed E-state index contributed by atoms with van der Waals surface area (Å²) in [5.41, 5.74) is 7.61. The SMILES string of the molecule is Cn1cc(NS(=O)(=O)Cc2cccc(CN)c2)cn1. The number of aryl methyl sites for hydroxylation is 1. The van der Waals surface area contributed by atoms with Crippen LogP contribution in [0.25, 0.3) is 0 Å². The number of benzene rings is 1. The van der Waals surface area contributed by atoms with Gasteiger partial charge in [-0.15, -0.1) is 0 Å². The topological polar surface area (TPSA) is 90.0 Å². The lowest BCUT2D eigenvalue weighted by atomic mass is 10.1. The fourth-order valence-electron chi connectivity index (χ4n) is 1.76. The summed E-state index contributed by atoms with van der Waals surface area (Å²) in [6, 6.07) is 7.23. The van der Waals surface area contributed by atoms with E-state index in [-0.39, 0.29) is 5.75 Å². The molecule has 1 aromatic heterocycles. The van der Waals surface area contributed by atoms with Gasteiger partial charge in [-0.25, -0.2) is 8.42 Å². The number of rotatable bonds is 5. The normalized spacial score (nSPS) is 11.5. The summed E-state index contributed by atoms with van der Waals surface area (Å²) >= 11 is 0. The maximum absolute atomic E-state index is 12.0. The van der Waals surface area contributed by atoms with Crippen LogP contribution in [-0.4, -0.2) is 18.2 Å². The zero-order chi connectivity index (χ0) is 13.9. The van der Waals surface area contributed by atoms with E-state index in [0.29, 0.717) is 17.8 Å². The van der Waals surface area contributed by atoms with Gasteiger partial charge in [-0.05, 0) is 11.1 Å². The lowest BCUT2D eigenvalue weighted by molar-refractivity contribution is 0.600. The minimum Gasteiger partial charge on any atom is -0.326 e. The van der Waals surface area contributed by atoms with Crippen LogP contribution in [0.3, 0.4) is 0 Å². The van der Waals surface area contributed by atoms with Crippen LogP contribution in [0.1, 0.15) is 11.1 Å². The first-order chi connectivity index (χ1) is 8.98. The number of hydrogen-bond donors (Lipinski definition) is 2. The second kappa shape index (κ2) is 5.41. The molecular formula is C12H16N4O2S. The molecule has 102 valence electrons. The third-order valence-corrected chi connectivity index (χ3v) is 3.82. The summed E-state index contributed by atoms with van der Waals surface area (Å²) in [6.07, 6.45) is 3.07. The fourth-order valence-corrected chi connectivity index (χ4v) is 2.91. The molecule has 2 aromatic rings. The van der Waals surface area contributed by atoms with Gasteiger partial charge in [0.1, 0.15) is 0 Å². The first-order valence-electron chi connectivity index (χ1n) is 5.75. The van der Waals surface area contributed by atoms with Crippen molar-refractivity contribution in [1.82, 2.24) is 9.78 Å². The standard InChI is InChI=1S/C12H16N4O2S/c1-16-8-12(7-14-16)15-19(17,18)9-11-4-2-3-10(5-11)6-13/h2-5,7-8,15H,6,9,13H2,1H3. The molecule has 0 aliphatic rings. The molecule has 1 aromatic carbocycles. The average Bonchev–Trinajstić information content (AvgIpc) is 2.73. The van der Waals surface area contributed by atoms with Crippen LogP contribution in [0.5, 0.6) is 0 Å². The number of nitrogens with two attached hydrogens (primary N) is 1. The Kier molecular flexibility index (Phi) is 3.87. The molecule has 7 heteroatoms. The second-order valence-corrected chi connectivity index (χ2v) is 6.01. The van der Waals surface area contributed by atoms with Crippen LogP contribution < -0.4 is 10.5 Å². The zero-order valence-corrected chi connectivity index (χ0v) is 11.4. The van der Waals surface area contributed by atoms with Crippen LogP contribution in [0, 0.1) is 0 Å². The van der Waals surface area contributed by atoms with Gasteiger partial charge in [-0.3, -0.25) is 9.40 Å². The van der Waals surface area contributed by atoms with E-state index in [1.807, 2.05) is 6.07 Å². The Labute approximate surface area is 112 Å². The van der Waals surface area contributed by atoms with E-state index in [1.165, 1.54) is 10.9 Å². The van der Waals surface area contributed by atoms with Crippen molar-refractivity contribution in [2.75, 3.05) is 4.72 Å². The van der Waals surface area contributed by atoms with Gasteiger partial charge < -0.3 is 5.73 Å². The van der Waals surface area contributed by atoms with Crippen LogP contribution >= 0.6 is 0 Å². The van der Waals surface area contributed by atoms with Crippen LogP contribution in [0.2, 0.25) is 0 Å². The third-order valence-electron chi connectivity index (χ3n) is 2.56. The largest absolute Gasteiger partial charge is 0.326 e. The van der Waals surface area contributed by atoms with E-state index in [1.54, 1.807) is 31.4 Å². The molecule has 0 unspecified atom stereocenters. The van der Waals surface area contributed by atoms with Gasteiger partial charge in [-0.2, -0.15) is 5.10 Å². The Hall–Kier alpha value is -1.86. The molecule has 19 heavy (non-hydrogen) atoms. The van der Waals surface area contributed by atoms with Crippen molar-refractivity contribution in [3.8, 4) is 0 Å². The molecule has 0 fully saturated rings. The summed E-state index contributed by atoms with van der Waals surface area (Å²) < 4.78 is 28.0. The van der Waals surface area contributed by atoms with Crippen molar-refractivity contribution < 1.29 is 8.42 Å². The highest BCUT2D eigenvalue weighted by Gasteiger charge is 2.12. The molecule has 0 bridgehead atoms. The number of nitrogens with one attached hydrogen (secondary N) is 1. The highest BCUT2D eigenvalue weighted by Crippen LogP contribution is 2.12. The van der Waals surface area contributed by atoms with Crippen molar-refractivity contribution in [3.05, 3.63) is 47.8 Å². The van der Waals surface area contributed by atoms with E-state index in [4.69, 9.17) is 5.73 Å². The first-order valence-corrected chi connectivity index (χ1v) is 7.41. The molecule has 0 aliphatic carbocycles. The first kappa shape index (κ1) is 13.6. The van der Waals surface area contributed by atoms with Crippen molar-refractivity contribution in [1.29, 1.82) is 0 Å². The van der Waals surface area contributed by atoms with Gasteiger partial charge in [0, 0.05) is 19.8 Å². The van der Waals surface area contributed by atoms with E-state index in [9.17, 15) is 8.42 Å². The third kappa shape index (κ3) is 3.80. The van der Waals surface area contributed by atoms with E-state index in [0.717, 1.165) is 5.56 Å². The minimum atomic E-state index is -3.44. The van der Waals surface area contributed by atoms with Gasteiger partial charge in [0.05, 0.1) is 17.6 Å². The lowest BCUT2D eigenvalue weighted by Crippen LogP contribution is -2.15. The summed E-state index contributed by atoms with van der Waals surface area (Å²) in [7, 11) is -1.72. The monoisotopic (exact) mass is 280 g/mol. The number of nitrogens with zero attached hydrogens (tertiary/aromatic N) is 2. The molecule has 0 spiro atoms. The van der Waals surface area contributed by atoms with Crippen LogP contribution in [-0.2, 0) is 29.4 Å². The summed E-state index contributed by atoms with van der Waals surface area (Å²) in [4.78, 5) is 0. The van der Waals surface area contributed by atoms with Gasteiger partial charge in [0.25, 0.3) is 0 Å². The quantitative estimate of drug-likeness (QED) is 0.848. The molecule has 2 rings (SSSR count). The van der Waals surface area contributed by atoms with E-state index in [2.05, 4.69) is 9.82 Å². The maximum Gasteiger partial charge on any atom is 0.237 e. The number of anilines is 1. The molecule has 6 nitrogen and oxygen atoms in total. The Morgan fingerprint density at radius 1 is 1.37 bits per heavy atom. The molecule has 0 aliphatic heterocycles. The molecule has 3 N–H and O–H groups in total. The van der Waals surface area contributed by atoms with Gasteiger partial charge in [0.2, 0.25) is 10.0 Å². The van der Waals surface area contributed by atoms with Gasteiger partial charge in [-0.1, -0.05) is 24.3 Å². The highest BCUT2D eigenvalue weighted by molar-refractivity contribution is 7.91. The lowest BCUT2D eigenvalue weighted by Gasteiger charge is -2.07. The molecule has 0 saturated carbocycles. The van der Waals surface area contributed by atoms with Crippen molar-refractivity contribution >= 4 is 15.7 Å². The number of sulfonamides is 1. The summed E-state index contributed by atoms with van der Waals surface area (Å²) in [6.45, 7) is 0.393. The summed E-state index contributed by atoms with van der Waals surface area (Å²) in [5, 5.41) is 3.91. The fraction of sp³-hybridized carbons (Fsp3) is 0.250. The van der Waals surface area contributed by atoms with Crippen molar-refractivity contribution in [3.63, 3.8) is 0 Å². The zero-order valence-electron chi connectivity index (χ0n) is 10.6.